The molecule has 19 rings (SSSR count). The molecule has 10 aromatic rings. The molecule has 0 bridgehead atoms. The summed E-state index contributed by atoms with van der Waals surface area (Å²) in [6, 6.07) is 38.2. The van der Waals surface area contributed by atoms with Crippen LogP contribution in [0.5, 0.6) is 17.2 Å². The maximum atomic E-state index is 13.1. The topological polar surface area (TPSA) is 404 Å². The standard InChI is InChI=1S/C25H26N2O4S.C24H25N3O4S.C15H19NO2.C9H8N2O3S.C9H11NO2S.C9H9NO2S.Mn.2O/c1-16-6-9-19-24(28)23(31-25(19)21(16)15-27-10-4-3-5-11-27)13-22-20-12-18(32(2,29)30)8-7-17(20)14-26-22;1-15-3-6-18-23(28)22(31-24(18)20(15)14-27-9-7-25-8-10-27)12-21-19-11-17(32(2,29)30)5-4-16(19)13-26-21;1-11-5-6-12-14(17)10-18-15(12)13(11)9-16-7-3-2-4-8-16;1-15(13,14)6-2-3-8-7(4-6)9(5-12)11-10-8;2*1-13(11,12)8-2-3-9-7(6-8)4-5-10-9;;;/h6-9,12-13H,3-5,10-11,14-15H2,1-2H3;3-6,11-12,25H,7-10,13-14H2,1-2H3;5-6H,2-4,7-10H2,1H3;2-5H,1H3,(H,10,11);2-3,6,10H,4-5H2,1H3;2-6,10H,1H3;;;/b23-13-;22-12-;;;;;;;. The van der Waals surface area contributed by atoms with Crippen LogP contribution >= 0.6 is 0 Å². The van der Waals surface area contributed by atoms with E-state index in [1.54, 1.807) is 91.1 Å². The van der Waals surface area contributed by atoms with Gasteiger partial charge in [0.2, 0.25) is 17.3 Å². The van der Waals surface area contributed by atoms with Crippen LogP contribution < -0.4 is 24.8 Å². The Morgan fingerprint density at radius 3 is 1.39 bits per heavy atom. The number of hydrogen-bond donors (Lipinski definition) is 4. The van der Waals surface area contributed by atoms with Crippen molar-refractivity contribution < 1.29 is 98.0 Å². The maximum absolute atomic E-state index is 13.1. The number of nitrogens with one attached hydrogen (secondary N) is 4. The molecule has 4 N–H and O–H groups in total. The number of Topliss-reactive ketones (excluding diaryl/α,β-unsaturated/α-hetero) is 3. The minimum absolute atomic E-state index is 0.116. The Balaban J connectivity index is 0.000000134. The third kappa shape index (κ3) is 22.2. The average Bonchev–Trinajstić information content (AvgIpc) is 1.62. The van der Waals surface area contributed by atoms with Crippen LogP contribution in [0.15, 0.2) is 198 Å². The molecule has 8 aromatic carbocycles. The molecule has 9 aliphatic rings. The molecule has 0 spiro atoms. The number of piperazine rings is 1. The molecule has 9 aliphatic heterocycles. The summed E-state index contributed by atoms with van der Waals surface area (Å²) in [5, 5.41) is 14.4. The summed E-state index contributed by atoms with van der Waals surface area (Å²) in [7, 11) is -16.1. The van der Waals surface area contributed by atoms with E-state index in [0.717, 1.165) is 169 Å². The zero-order valence-electron chi connectivity index (χ0n) is 70.9. The number of fused-ring (bicyclic) bond motifs is 8. The number of carbonyl (C=O) groups excluding carboxylic acids is 4. The average molecular weight is 1850 g/mol. The fourth-order valence-electron chi connectivity index (χ4n) is 15.9. The van der Waals surface area contributed by atoms with E-state index in [1.165, 1.54) is 86.8 Å². The van der Waals surface area contributed by atoms with Gasteiger partial charge in [0.05, 0.1) is 71.2 Å². The fourth-order valence-corrected chi connectivity index (χ4v) is 19.2. The number of aldehydes is 1. The Morgan fingerprint density at radius 2 is 0.897 bits per heavy atom. The number of sulfone groups is 5. The first-order valence-corrected chi connectivity index (χ1v) is 51.3. The molecule has 11 heterocycles. The number of aromatic nitrogens is 3. The summed E-state index contributed by atoms with van der Waals surface area (Å²) < 4.78 is 150. The Morgan fingerprint density at radius 1 is 0.460 bits per heavy atom. The number of aliphatic imine (C=N–C) groups is 2. The number of anilines is 1. The van der Waals surface area contributed by atoms with E-state index in [-0.39, 0.29) is 55.9 Å². The van der Waals surface area contributed by atoms with Crippen molar-refractivity contribution in [3.05, 3.63) is 247 Å². The van der Waals surface area contributed by atoms with Gasteiger partial charge in [0, 0.05) is 152 Å². The molecule has 0 unspecified atom stereocenters. The number of benzene rings is 8. The van der Waals surface area contributed by atoms with Crippen molar-refractivity contribution in [3.63, 3.8) is 0 Å². The molecule has 0 amide bonds. The Kier molecular flexibility index (Phi) is 29.2. The van der Waals surface area contributed by atoms with Crippen molar-refractivity contribution in [2.45, 2.75) is 123 Å². The van der Waals surface area contributed by atoms with Gasteiger partial charge in [-0.15, -0.1) is 0 Å². The zero-order valence-corrected chi connectivity index (χ0v) is 76.2. The van der Waals surface area contributed by atoms with E-state index in [9.17, 15) is 61.3 Å². The first kappa shape index (κ1) is 92.8. The van der Waals surface area contributed by atoms with Crippen LogP contribution in [0.4, 0.5) is 5.69 Å². The molecule has 0 atom stereocenters. The number of allylic oxidation sites excluding steroid dienone is 4. The molecule has 126 heavy (non-hydrogen) atoms. The molecule has 663 valence electrons. The predicted octanol–water partition coefficient (Wildman–Crippen LogP) is 11.8. The molecule has 29 nitrogen and oxygen atoms in total. The van der Waals surface area contributed by atoms with Gasteiger partial charge in [-0.2, -0.15) is 5.10 Å². The molecule has 2 aromatic heterocycles. The van der Waals surface area contributed by atoms with Gasteiger partial charge in [-0.3, -0.25) is 49.0 Å². The van der Waals surface area contributed by atoms with E-state index in [2.05, 4.69) is 64.3 Å². The van der Waals surface area contributed by atoms with Crippen LogP contribution in [0.1, 0.15) is 141 Å². The molecule has 3 saturated heterocycles. The third-order valence-corrected chi connectivity index (χ3v) is 28.5. The second-order valence-electron chi connectivity index (χ2n) is 32.1. The van der Waals surface area contributed by atoms with Crippen LogP contribution in [-0.2, 0) is 111 Å². The number of H-pyrrole nitrogens is 2. The second kappa shape index (κ2) is 39.6. The van der Waals surface area contributed by atoms with Crippen molar-refractivity contribution in [2.75, 3.05) is 102 Å². The summed E-state index contributed by atoms with van der Waals surface area (Å²) in [6.07, 6.45) is 20.1. The number of hydrogen-bond acceptors (Lipinski definition) is 27. The van der Waals surface area contributed by atoms with E-state index in [0.29, 0.717) is 74.1 Å². The van der Waals surface area contributed by atoms with Crippen LogP contribution in [0.2, 0.25) is 0 Å². The van der Waals surface area contributed by atoms with Gasteiger partial charge in [-0.25, -0.2) is 42.1 Å². The number of carbonyl (C=O) groups is 4. The predicted molar refractivity (Wildman–Crippen MR) is 475 cm³/mol. The van der Waals surface area contributed by atoms with Crippen molar-refractivity contribution in [1.82, 2.24) is 35.2 Å². The third-order valence-electron chi connectivity index (χ3n) is 23.0. The van der Waals surface area contributed by atoms with Gasteiger partial charge in [0.1, 0.15) is 22.9 Å². The van der Waals surface area contributed by atoms with E-state index < -0.39 is 64.0 Å². The van der Waals surface area contributed by atoms with E-state index in [1.807, 2.05) is 55.5 Å². The number of ether oxygens (including phenoxy) is 3. The number of aromatic amines is 2. The first-order valence-electron chi connectivity index (χ1n) is 40.9. The van der Waals surface area contributed by atoms with Gasteiger partial charge in [-0.1, -0.05) is 43.2 Å². The molecule has 0 radical (unpaired) electrons. The number of ketones is 3. The molecular formula is C91H98MnN10O19S5. The molecule has 0 saturated carbocycles. The van der Waals surface area contributed by atoms with Crippen LogP contribution in [-0.4, -0.2) is 204 Å². The number of rotatable bonds is 14. The van der Waals surface area contributed by atoms with Crippen LogP contribution in [0, 0.1) is 20.8 Å². The number of likely N-dealkylation sites (tertiary alicyclic amines) is 2. The molecular weight excluding hydrogens is 1750 g/mol. The Bertz CT molecular complexity index is 6550. The van der Waals surface area contributed by atoms with Crippen molar-refractivity contribution in [3.8, 4) is 17.2 Å². The number of aryl methyl sites for hydroxylation is 3. The Labute approximate surface area is 738 Å². The van der Waals surface area contributed by atoms with Crippen molar-refractivity contribution in [2.24, 2.45) is 9.98 Å². The summed E-state index contributed by atoms with van der Waals surface area (Å²) in [5.41, 5.74) is 17.1. The SMILES string of the molecule is CS(=O)(=O)c1ccc2[nH]ccc2c1.CS(=O)(=O)c1ccc2c(c1)CCN2.CS(=O)(=O)c1ccc2n[nH]c(C=O)c2c1.Cc1ccc2c(c1CN1CCCCC1)O/C(=C\C1=NCc3ccc(S(C)(=O)=O)cc31)C2=O.Cc1ccc2c(c1CN1CCCCC1)OCC2=O.Cc1ccc2c(c1CN1CCNCC1)O/C(=C\C1=NCc3ccc(S(C)(=O)=O)cc31)C2=O.[O]=[Mn]=[O]. The minimum atomic E-state index is -3.34. The monoisotopic (exact) mass is 1850 g/mol. The second-order valence-corrected chi connectivity index (χ2v) is 42.4. The first-order chi connectivity index (χ1) is 59.9. The van der Waals surface area contributed by atoms with Gasteiger partial charge >= 0.3 is 22.5 Å². The zero-order chi connectivity index (χ0) is 90.2. The number of nitrogens with zero attached hydrogens (tertiary/aromatic N) is 6. The van der Waals surface area contributed by atoms with Gasteiger partial charge < -0.3 is 29.8 Å². The van der Waals surface area contributed by atoms with Crippen molar-refractivity contribution in [1.29, 1.82) is 0 Å². The fraction of sp³-hybridized carbons (Fsp3) is 0.330. The van der Waals surface area contributed by atoms with Crippen LogP contribution in [0.25, 0.3) is 21.8 Å². The molecule has 0 aliphatic carbocycles. The summed E-state index contributed by atoms with van der Waals surface area (Å²) in [5.74, 6) is 2.37. The normalized spacial score (nSPS) is 17.1. The quantitative estimate of drug-likeness (QED) is 0.0446. The van der Waals surface area contributed by atoms with E-state index in [4.69, 9.17) is 21.9 Å². The van der Waals surface area contributed by atoms with Crippen molar-refractivity contribution >= 4 is 112 Å². The summed E-state index contributed by atoms with van der Waals surface area (Å²) >= 11 is -1.44. The van der Waals surface area contributed by atoms with Gasteiger partial charge in [0.15, 0.2) is 73.6 Å². The van der Waals surface area contributed by atoms with Crippen LogP contribution in [0.3, 0.4) is 0 Å². The number of piperidine rings is 2. The summed E-state index contributed by atoms with van der Waals surface area (Å²) in [6.45, 7) is 18.9. The molecule has 3 fully saturated rings. The Hall–Kier alpha value is -10.8. The summed E-state index contributed by atoms with van der Waals surface area (Å²) in [4.78, 5) is 69.3. The molecule has 35 heteroatoms. The van der Waals surface area contributed by atoms with Gasteiger partial charge in [0.25, 0.3) is 0 Å². The van der Waals surface area contributed by atoms with Gasteiger partial charge in [-0.05, 0) is 216 Å². The van der Waals surface area contributed by atoms with E-state index >= 15 is 0 Å².